The molecule has 150 heavy (non-hydrogen) atoms. The number of allylic oxidation sites excluding steroid dienone is 1. The molecule has 14 rings (SSSR count). The van der Waals surface area contributed by atoms with Crippen LogP contribution in [0.15, 0.2) is 144 Å². The molecule has 5 amide bonds. The van der Waals surface area contributed by atoms with Crippen LogP contribution in [0.5, 0.6) is 0 Å². The van der Waals surface area contributed by atoms with Crippen molar-refractivity contribution in [3.8, 4) is 0 Å². The number of aromatic carboxylic acids is 1. The Kier molecular flexibility index (Phi) is 53.2. The molecule has 3 aromatic carbocycles. The SMILES string of the molecule is C=CCBr.C=CCOC(C)(C)C(=O)OCC.C=CCOC(C)(C)CO.CC1(C)COC(CCN)CO1.CC1(C)COC(CI)CO1.CCOC(=O)C(C)(C)O.Cc1cc2n(c1)S(=O)(=O)c1ccc(C(=O)NCC[C@@H]3COC(C)(C)CO3)cc1NC2=O.Cc1cc2n(c1)S(=O)(=O)c1ccc(C(=O)NCC[C@H]3COC(C)(C)CO3)cc1NC2=O.Cc1cc2n(c1)S(=O)(=O)c1ccc(C(=O)O)cc1NC2=O.Cl.[C-]#[N+]CC1COC(C)(C)CO1. The molecule has 8 aliphatic heterocycles. The number of aryl methyl sites for hydroxylation is 3. The second-order valence-electron chi connectivity index (χ2n) is 39.7. The summed E-state index contributed by atoms with van der Waals surface area (Å²) in [5.74, 6) is -4.57. The molecule has 5 fully saturated rings. The minimum absolute atomic E-state index is 0. The number of nitrogens with zero attached hydrogens (tertiary/aromatic N) is 4. The Morgan fingerprint density at radius 2 is 0.827 bits per heavy atom. The van der Waals surface area contributed by atoms with E-state index in [1.165, 1.54) is 99.2 Å². The number of carbonyl (C=O) groups is 8. The third kappa shape index (κ3) is 42.2. The molecule has 0 aliphatic carbocycles. The average Bonchev–Trinajstić information content (AvgIpc) is 1.61. The molecule has 8 aliphatic rings. The fourth-order valence-electron chi connectivity index (χ4n) is 13.4. The van der Waals surface area contributed by atoms with Gasteiger partial charge in [0, 0.05) is 52.6 Å². The first-order chi connectivity index (χ1) is 69.4. The monoisotopic (exact) mass is 2360 g/mol. The number of fused-ring (bicyclic) bond motifs is 6. The summed E-state index contributed by atoms with van der Waals surface area (Å²) in [5.41, 5.74) is 4.29. The molecule has 10 N–H and O–H groups in total. The molecule has 0 spiro atoms. The zero-order valence-corrected chi connectivity index (χ0v) is 96.4. The number of rotatable bonds is 25. The van der Waals surface area contributed by atoms with Crippen molar-refractivity contribution in [3.05, 3.63) is 191 Å². The van der Waals surface area contributed by atoms with Crippen LogP contribution in [0, 0.1) is 27.3 Å². The predicted octanol–water partition coefficient (Wildman–Crippen LogP) is 13.2. The molecule has 5 saturated heterocycles. The Hall–Kier alpha value is -9.28. The highest BCUT2D eigenvalue weighted by molar-refractivity contribution is 14.1. The number of hydrogen-bond acceptors (Lipinski definition) is 31. The maximum Gasteiger partial charge on any atom is 0.337 e. The molecule has 3 unspecified atom stereocenters. The van der Waals surface area contributed by atoms with Crippen molar-refractivity contribution in [1.29, 1.82) is 0 Å². The smallest absolute Gasteiger partial charge is 0.337 e. The predicted molar refractivity (Wildman–Crippen MR) is 581 cm³/mol. The number of carboxylic acid groups (broad SMARTS) is 1. The number of amides is 5. The number of carbonyl (C=O) groups excluding carboxylic acids is 7. The van der Waals surface area contributed by atoms with Crippen LogP contribution >= 0.6 is 50.9 Å². The highest BCUT2D eigenvalue weighted by Crippen LogP contribution is 2.36. The van der Waals surface area contributed by atoms with Gasteiger partial charge in [-0.05, 0) is 261 Å². The van der Waals surface area contributed by atoms with Crippen molar-refractivity contribution in [2.24, 2.45) is 5.73 Å². The second kappa shape index (κ2) is 60.0. The molecule has 6 aromatic rings. The molecule has 838 valence electrons. The Bertz CT molecular complexity index is 5720. The van der Waals surface area contributed by atoms with Gasteiger partial charge in [-0.1, -0.05) is 56.7 Å². The van der Waals surface area contributed by atoms with Gasteiger partial charge in [-0.2, -0.15) is 0 Å². The standard InChI is InChI=1S/2C21H25N3O6S.C13H10N2O5S.C9H16O3.C8H13NO2.C8H17NO2.C7H13IO2.C7H14O2.C6H12O3.C3H5Br.ClH/c2*1-13-8-17-20(26)23-16-9-14(4-5-18(16)31(27,28)24(17)10-13)19(25)22-7-6-15-11-30-21(2,3)12-29-15;1-7-4-10-12(16)14-9-5-8(13(17)18)2-3-11(9)21(19,20)15(10)6-7;1-5-7-12-9(3,4)8(10)11-6-2;1-8(2)6-10-7(4-9-3)5-11-8;1-8(2)6-10-7(3-4-9)5-11-8;1-7(2)5-9-6(3-8)4-10-7;1-4-5-9-7(2,3)6-8;1-4-9-5(7)6(2,3)8;1-2-3-4;/h2*4-5,8-10,15H,6-7,11-12H2,1-3H3,(H,22,25)(H,23,26);2-6H,1H3,(H,14,16)(H,17,18);5H,1,6-7H2,2-4H3;7H,4-6H2,1-2H3;7H,3-6,9H2,1-2H3;6H,3-5H2,1-2H3;4,8H,1,5-6H2,2-3H3;8H,4H2,1-3H3;2H,1,3H2;1H/t2*15-;;;;;;;;;/m10........./s1. The highest BCUT2D eigenvalue weighted by atomic mass is 127. The maximum absolute atomic E-state index is 13.0. The fourth-order valence-corrected chi connectivity index (χ4v) is 18.6. The second-order valence-corrected chi connectivity index (χ2v) is 46.5. The number of esters is 2. The highest BCUT2D eigenvalue weighted by Gasteiger charge is 2.39. The topological polar surface area (TPSA) is 534 Å². The van der Waals surface area contributed by atoms with Gasteiger partial charge in [-0.15, -0.1) is 32.1 Å². The Morgan fingerprint density at radius 1 is 0.520 bits per heavy atom. The molecule has 3 aromatic heterocycles. The van der Waals surface area contributed by atoms with Gasteiger partial charge in [0.25, 0.3) is 59.6 Å². The number of hydrogen-bond donors (Lipinski definition) is 9. The van der Waals surface area contributed by atoms with Crippen LogP contribution in [-0.2, 0) is 106 Å². The molecule has 41 nitrogen and oxygen atoms in total. The number of anilines is 3. The van der Waals surface area contributed by atoms with Crippen molar-refractivity contribution in [2.45, 2.75) is 255 Å². The molecular weight excluding hydrogens is 2210 g/mol. The number of carboxylic acids is 1. The number of nitrogens with two attached hydrogens (primary N) is 1. The largest absolute Gasteiger partial charge is 0.478 e. The first-order valence-electron chi connectivity index (χ1n) is 48.1. The van der Waals surface area contributed by atoms with E-state index >= 15 is 0 Å². The van der Waals surface area contributed by atoms with E-state index in [2.05, 4.69) is 108 Å². The van der Waals surface area contributed by atoms with Gasteiger partial charge in [0.2, 0.25) is 6.54 Å². The van der Waals surface area contributed by atoms with Crippen LogP contribution in [-0.4, -0.2) is 310 Å². The van der Waals surface area contributed by atoms with Gasteiger partial charge in [0.05, 0.1) is 180 Å². The number of benzene rings is 3. The van der Waals surface area contributed by atoms with Crippen LogP contribution in [0.25, 0.3) is 4.85 Å². The first kappa shape index (κ1) is 133. The van der Waals surface area contributed by atoms with Gasteiger partial charge >= 0.3 is 17.9 Å². The Labute approximate surface area is 909 Å². The summed E-state index contributed by atoms with van der Waals surface area (Å²) in [6.45, 7) is 64.7. The van der Waals surface area contributed by atoms with Gasteiger partial charge in [-0.3, -0.25) is 24.0 Å². The number of aliphatic hydroxyl groups excluding tert-OH is 1. The molecule has 11 heterocycles. The number of aromatic nitrogens is 3. The first-order valence-corrected chi connectivity index (χ1v) is 55.1. The lowest BCUT2D eigenvalue weighted by Gasteiger charge is -2.35. The molecule has 5 atom stereocenters. The van der Waals surface area contributed by atoms with Crippen molar-refractivity contribution in [2.75, 3.05) is 151 Å². The lowest BCUT2D eigenvalue weighted by atomic mass is 10.1. The summed E-state index contributed by atoms with van der Waals surface area (Å²) in [6.07, 6.45) is 11.6. The third-order valence-corrected chi connectivity index (χ3v) is 28.4. The van der Waals surface area contributed by atoms with Crippen molar-refractivity contribution < 1.29 is 145 Å². The number of alkyl halides is 2. The lowest BCUT2D eigenvalue weighted by Crippen LogP contribution is -2.43. The normalized spacial score (nSPS) is 19.9. The molecular formula is C103H151BrClIN10O31S3. The van der Waals surface area contributed by atoms with Crippen molar-refractivity contribution >= 4 is 146 Å². The summed E-state index contributed by atoms with van der Waals surface area (Å²) >= 11 is 5.44. The fraction of sp³-hybridized carbons (Fsp3) is 0.563. The van der Waals surface area contributed by atoms with Crippen molar-refractivity contribution in [3.63, 3.8) is 0 Å². The van der Waals surface area contributed by atoms with E-state index in [-0.39, 0.29) is 155 Å². The average molecular weight is 2360 g/mol. The number of nitrogens with one attached hydrogen (secondary N) is 5. The van der Waals surface area contributed by atoms with E-state index < -0.39 is 76.5 Å². The van der Waals surface area contributed by atoms with Crippen LogP contribution in [0.2, 0.25) is 0 Å². The number of halogens is 3. The minimum atomic E-state index is -3.96. The van der Waals surface area contributed by atoms with E-state index in [4.69, 9.17) is 89.2 Å². The molecule has 0 bridgehead atoms. The van der Waals surface area contributed by atoms with E-state index in [0.717, 1.165) is 47.4 Å². The third-order valence-electron chi connectivity index (χ3n) is 21.8. The van der Waals surface area contributed by atoms with E-state index in [9.17, 15) is 63.6 Å². The van der Waals surface area contributed by atoms with E-state index in [1.807, 2.05) is 69.2 Å². The number of aliphatic hydroxyl groups is 2. The number of ether oxygens (including phenoxy) is 14. The van der Waals surface area contributed by atoms with Crippen LogP contribution in [0.4, 0.5) is 17.1 Å². The van der Waals surface area contributed by atoms with Crippen LogP contribution < -0.4 is 32.3 Å². The van der Waals surface area contributed by atoms with Crippen molar-refractivity contribution in [1.82, 2.24) is 22.6 Å². The van der Waals surface area contributed by atoms with Gasteiger partial charge < -0.3 is 119 Å². The van der Waals surface area contributed by atoms with Crippen LogP contribution in [0.1, 0.15) is 223 Å². The quantitative estimate of drug-likeness (QED) is 0.00845. The van der Waals surface area contributed by atoms with E-state index in [0.29, 0.717) is 141 Å². The summed E-state index contributed by atoms with van der Waals surface area (Å²) < 4.78 is 157. The Balaban J connectivity index is 0.000000365. The molecule has 0 radical (unpaired) electrons. The summed E-state index contributed by atoms with van der Waals surface area (Å²) in [5, 5.41) is 40.7. The zero-order valence-electron chi connectivity index (χ0n) is 89.4. The molecule has 0 saturated carbocycles. The maximum atomic E-state index is 13.0. The van der Waals surface area contributed by atoms with Crippen LogP contribution in [0.3, 0.4) is 0 Å². The minimum Gasteiger partial charge on any atom is -0.478 e. The summed E-state index contributed by atoms with van der Waals surface area (Å²) in [7, 11) is -11.9. The van der Waals surface area contributed by atoms with Gasteiger partial charge in [0.15, 0.2) is 17.3 Å². The lowest BCUT2D eigenvalue weighted by molar-refractivity contribution is -0.175. The summed E-state index contributed by atoms with van der Waals surface area (Å²) in [4.78, 5) is 98.0. The Morgan fingerprint density at radius 3 is 1.10 bits per heavy atom. The van der Waals surface area contributed by atoms with Gasteiger partial charge in [0.1, 0.15) is 31.8 Å². The zero-order chi connectivity index (χ0) is 112. The van der Waals surface area contributed by atoms with E-state index in [1.54, 1.807) is 66.7 Å². The molecule has 47 heteroatoms. The summed E-state index contributed by atoms with van der Waals surface area (Å²) in [6, 6.07) is 16.3. The van der Waals surface area contributed by atoms with Gasteiger partial charge in [-0.25, -0.2) is 58.1 Å².